The number of rotatable bonds is 4. The van der Waals surface area contributed by atoms with Crippen LogP contribution in [0, 0.1) is 0 Å². The molecule has 4 heteroatoms. The minimum atomic E-state index is -0.881. The minimum absolute atomic E-state index is 0.0252. The average molecular weight is 226 g/mol. The highest BCUT2D eigenvalue weighted by molar-refractivity contribution is 5.88. The molecule has 0 aromatic heterocycles. The summed E-state index contributed by atoms with van der Waals surface area (Å²) in [5.41, 5.74) is -0.881. The van der Waals surface area contributed by atoms with Crippen molar-refractivity contribution < 1.29 is 19.1 Å². The van der Waals surface area contributed by atoms with Crippen molar-refractivity contribution in [3.8, 4) is 0 Å². The summed E-state index contributed by atoms with van der Waals surface area (Å²) in [6.07, 6.45) is 1.06. The molecule has 4 nitrogen and oxygen atoms in total. The summed E-state index contributed by atoms with van der Waals surface area (Å²) >= 11 is 0. The molecule has 90 valence electrons. The van der Waals surface area contributed by atoms with E-state index >= 15 is 0 Å². The molecule has 0 radical (unpaired) electrons. The van der Waals surface area contributed by atoms with Gasteiger partial charge >= 0.3 is 0 Å². The van der Waals surface area contributed by atoms with Crippen molar-refractivity contribution >= 4 is 11.7 Å². The molecule has 0 bridgehead atoms. The number of carbonyl (C=O) groups is 1. The summed E-state index contributed by atoms with van der Waals surface area (Å²) in [6, 6.07) is 0. The SMILES string of the molecule is CCC(=O)C1(OC(C)C)CCOC(=C=O)C1. The molecule has 0 aliphatic carbocycles. The predicted octanol–water partition coefficient (Wildman–Crippen LogP) is 1.66. The van der Waals surface area contributed by atoms with Gasteiger partial charge in [0.25, 0.3) is 0 Å². The quantitative estimate of drug-likeness (QED) is 0.684. The molecule has 0 saturated carbocycles. The van der Waals surface area contributed by atoms with Crippen LogP contribution in [-0.2, 0) is 19.1 Å². The number of carbonyl (C=O) groups excluding carboxylic acids is 2. The molecule has 1 aliphatic heterocycles. The molecule has 1 atom stereocenters. The first-order chi connectivity index (χ1) is 7.54. The zero-order valence-electron chi connectivity index (χ0n) is 10.0. The second-order valence-corrected chi connectivity index (χ2v) is 4.24. The maximum atomic E-state index is 12.0. The Balaban J connectivity index is 2.94. The van der Waals surface area contributed by atoms with Crippen LogP contribution < -0.4 is 0 Å². The number of ether oxygens (including phenoxy) is 2. The van der Waals surface area contributed by atoms with Gasteiger partial charge in [-0.25, -0.2) is 4.79 Å². The second-order valence-electron chi connectivity index (χ2n) is 4.24. The number of hydrogen-bond donors (Lipinski definition) is 0. The normalized spacial score (nSPS) is 25.1. The first-order valence-corrected chi connectivity index (χ1v) is 5.62. The zero-order valence-corrected chi connectivity index (χ0v) is 10.0. The summed E-state index contributed by atoms with van der Waals surface area (Å²) in [4.78, 5) is 22.6. The average Bonchev–Trinajstić information content (AvgIpc) is 2.27. The molecule has 1 unspecified atom stereocenters. The molecule has 1 saturated heterocycles. The molecule has 1 rings (SSSR count). The Kier molecular flexibility index (Phi) is 4.27. The van der Waals surface area contributed by atoms with Gasteiger partial charge in [-0.1, -0.05) is 6.92 Å². The Morgan fingerprint density at radius 2 is 2.31 bits per heavy atom. The van der Waals surface area contributed by atoms with Crippen molar-refractivity contribution in [3.63, 3.8) is 0 Å². The van der Waals surface area contributed by atoms with E-state index < -0.39 is 5.60 Å². The van der Waals surface area contributed by atoms with Gasteiger partial charge in [0.2, 0.25) is 0 Å². The molecule has 1 heterocycles. The third kappa shape index (κ3) is 2.71. The van der Waals surface area contributed by atoms with E-state index in [-0.39, 0.29) is 24.1 Å². The Morgan fingerprint density at radius 1 is 1.62 bits per heavy atom. The maximum Gasteiger partial charge on any atom is 0.182 e. The highest BCUT2D eigenvalue weighted by Crippen LogP contribution is 2.32. The van der Waals surface area contributed by atoms with E-state index in [9.17, 15) is 9.59 Å². The molecule has 0 N–H and O–H groups in total. The monoisotopic (exact) mass is 226 g/mol. The Labute approximate surface area is 95.6 Å². The van der Waals surface area contributed by atoms with Crippen molar-refractivity contribution in [2.75, 3.05) is 6.61 Å². The van der Waals surface area contributed by atoms with E-state index in [1.165, 1.54) is 0 Å². The lowest BCUT2D eigenvalue weighted by Crippen LogP contribution is -2.47. The summed E-state index contributed by atoms with van der Waals surface area (Å²) in [5, 5.41) is 0. The molecule has 0 aromatic carbocycles. The van der Waals surface area contributed by atoms with E-state index in [1.807, 2.05) is 13.8 Å². The van der Waals surface area contributed by atoms with Crippen LogP contribution in [0.4, 0.5) is 0 Å². The van der Waals surface area contributed by atoms with Crippen molar-refractivity contribution in [3.05, 3.63) is 5.76 Å². The van der Waals surface area contributed by atoms with Gasteiger partial charge in [-0.2, -0.15) is 0 Å². The molecule has 0 amide bonds. The highest BCUT2D eigenvalue weighted by atomic mass is 16.5. The lowest BCUT2D eigenvalue weighted by atomic mass is 9.86. The van der Waals surface area contributed by atoms with Crippen LogP contribution in [0.5, 0.6) is 0 Å². The minimum Gasteiger partial charge on any atom is -0.486 e. The largest absolute Gasteiger partial charge is 0.486 e. The van der Waals surface area contributed by atoms with Crippen LogP contribution in [0.15, 0.2) is 5.76 Å². The first kappa shape index (κ1) is 12.9. The molecular weight excluding hydrogens is 208 g/mol. The zero-order chi connectivity index (χ0) is 12.2. The van der Waals surface area contributed by atoms with Crippen LogP contribution in [-0.4, -0.2) is 30.0 Å². The summed E-state index contributed by atoms with van der Waals surface area (Å²) in [5.74, 6) is 1.94. The van der Waals surface area contributed by atoms with Crippen LogP contribution in [0.25, 0.3) is 0 Å². The van der Waals surface area contributed by atoms with Crippen LogP contribution in [0.1, 0.15) is 40.0 Å². The molecule has 0 aromatic rings. The van der Waals surface area contributed by atoms with Gasteiger partial charge in [0, 0.05) is 12.8 Å². The van der Waals surface area contributed by atoms with Gasteiger partial charge in [0.15, 0.2) is 17.5 Å². The van der Waals surface area contributed by atoms with E-state index in [4.69, 9.17) is 9.47 Å². The fourth-order valence-corrected chi connectivity index (χ4v) is 1.98. The maximum absolute atomic E-state index is 12.0. The van der Waals surface area contributed by atoms with Gasteiger partial charge in [0.1, 0.15) is 5.60 Å². The van der Waals surface area contributed by atoms with Gasteiger partial charge < -0.3 is 9.47 Å². The van der Waals surface area contributed by atoms with Gasteiger partial charge in [-0.3, -0.25) is 4.79 Å². The van der Waals surface area contributed by atoms with Crippen LogP contribution in [0.2, 0.25) is 0 Å². The van der Waals surface area contributed by atoms with E-state index in [2.05, 4.69) is 0 Å². The smallest absolute Gasteiger partial charge is 0.182 e. The molecule has 1 fully saturated rings. The van der Waals surface area contributed by atoms with E-state index in [0.29, 0.717) is 19.4 Å². The molecule has 16 heavy (non-hydrogen) atoms. The molecule has 0 spiro atoms. The van der Waals surface area contributed by atoms with Crippen molar-refractivity contribution in [2.45, 2.75) is 51.7 Å². The standard InChI is InChI=1S/C12H18O4/c1-4-11(14)12(16-9(2)3)5-6-15-10(7-12)8-13/h9H,4-7H2,1-3H3. The Hall–Kier alpha value is -1.12. The lowest BCUT2D eigenvalue weighted by molar-refractivity contribution is -0.160. The first-order valence-electron chi connectivity index (χ1n) is 5.62. The van der Waals surface area contributed by atoms with Crippen molar-refractivity contribution in [1.29, 1.82) is 0 Å². The summed E-state index contributed by atoms with van der Waals surface area (Å²) in [7, 11) is 0. The van der Waals surface area contributed by atoms with Crippen LogP contribution >= 0.6 is 0 Å². The van der Waals surface area contributed by atoms with E-state index in [0.717, 1.165) is 0 Å². The lowest BCUT2D eigenvalue weighted by Gasteiger charge is -2.37. The van der Waals surface area contributed by atoms with Gasteiger partial charge in [-0.05, 0) is 13.8 Å². The second kappa shape index (κ2) is 5.28. The number of ketones is 1. The number of Topliss-reactive ketones (excluding diaryl/α,β-unsaturated/α-hetero) is 1. The highest BCUT2D eigenvalue weighted by Gasteiger charge is 2.43. The predicted molar refractivity (Wildman–Crippen MR) is 58.6 cm³/mol. The Bertz CT molecular complexity index is 315. The molecule has 1 aliphatic rings. The third-order valence-electron chi connectivity index (χ3n) is 2.63. The topological polar surface area (TPSA) is 52.6 Å². The van der Waals surface area contributed by atoms with Crippen molar-refractivity contribution in [1.82, 2.24) is 0 Å². The summed E-state index contributed by atoms with van der Waals surface area (Å²) < 4.78 is 10.9. The fraction of sp³-hybridized carbons (Fsp3) is 0.750. The van der Waals surface area contributed by atoms with Crippen LogP contribution in [0.3, 0.4) is 0 Å². The van der Waals surface area contributed by atoms with E-state index in [1.54, 1.807) is 12.9 Å². The Morgan fingerprint density at radius 3 is 2.81 bits per heavy atom. The summed E-state index contributed by atoms with van der Waals surface area (Å²) in [6.45, 7) is 5.89. The van der Waals surface area contributed by atoms with Gasteiger partial charge in [0.05, 0.1) is 19.1 Å². The molecular formula is C12H18O4. The van der Waals surface area contributed by atoms with Gasteiger partial charge in [-0.15, -0.1) is 0 Å². The van der Waals surface area contributed by atoms with Crippen molar-refractivity contribution in [2.24, 2.45) is 0 Å². The fourth-order valence-electron chi connectivity index (χ4n) is 1.98. The number of hydrogen-bond acceptors (Lipinski definition) is 4. The third-order valence-corrected chi connectivity index (χ3v) is 2.63.